The molecule has 2 rings (SSSR count). The molecule has 0 amide bonds. The Morgan fingerprint density at radius 3 is 3.00 bits per heavy atom. The maximum Gasteiger partial charge on any atom is 0.110 e. The summed E-state index contributed by atoms with van der Waals surface area (Å²) in [5.41, 5.74) is 0.977. The van der Waals surface area contributed by atoms with E-state index in [9.17, 15) is 0 Å². The third kappa shape index (κ3) is 2.21. The first-order chi connectivity index (χ1) is 7.31. The molecule has 5 nitrogen and oxygen atoms in total. The molecule has 0 spiro atoms. The first-order valence-corrected chi connectivity index (χ1v) is 5.55. The third-order valence-electron chi connectivity index (χ3n) is 2.39. The predicted octanol–water partition coefficient (Wildman–Crippen LogP) is 0.775. The second-order valence-corrected chi connectivity index (χ2v) is 3.94. The Morgan fingerprint density at radius 2 is 2.47 bits per heavy atom. The van der Waals surface area contributed by atoms with E-state index in [1.54, 1.807) is 6.20 Å². The highest BCUT2D eigenvalue weighted by molar-refractivity contribution is 7.03. The van der Waals surface area contributed by atoms with Gasteiger partial charge in [-0.25, -0.2) is 4.98 Å². The van der Waals surface area contributed by atoms with E-state index in [0.717, 1.165) is 17.9 Å². The number of aryl methyl sites for hydroxylation is 1. The van der Waals surface area contributed by atoms with Crippen LogP contribution in [0.2, 0.25) is 0 Å². The van der Waals surface area contributed by atoms with E-state index < -0.39 is 0 Å². The maximum absolute atomic E-state index is 4.29. The summed E-state index contributed by atoms with van der Waals surface area (Å²) in [6.45, 7) is 0. The molecule has 15 heavy (non-hydrogen) atoms. The fourth-order valence-electron chi connectivity index (χ4n) is 1.45. The average molecular weight is 223 g/mol. The van der Waals surface area contributed by atoms with Crippen LogP contribution < -0.4 is 5.32 Å². The van der Waals surface area contributed by atoms with Crippen LogP contribution in [0, 0.1) is 0 Å². The SMILES string of the molecule is CNC(Cc1nccn1C)c1csnn1. The number of hydrogen-bond donors (Lipinski definition) is 1. The van der Waals surface area contributed by atoms with E-state index in [1.165, 1.54) is 11.5 Å². The normalized spacial score (nSPS) is 12.9. The summed E-state index contributed by atoms with van der Waals surface area (Å²) in [7, 11) is 3.92. The van der Waals surface area contributed by atoms with E-state index in [-0.39, 0.29) is 6.04 Å². The lowest BCUT2D eigenvalue weighted by Gasteiger charge is -2.12. The van der Waals surface area contributed by atoms with Crippen molar-refractivity contribution in [3.8, 4) is 0 Å². The summed E-state index contributed by atoms with van der Waals surface area (Å²) in [5.74, 6) is 1.04. The van der Waals surface area contributed by atoms with E-state index in [2.05, 4.69) is 19.9 Å². The second kappa shape index (κ2) is 4.50. The van der Waals surface area contributed by atoms with Crippen LogP contribution in [0.4, 0.5) is 0 Å². The minimum Gasteiger partial charge on any atom is -0.338 e. The third-order valence-corrected chi connectivity index (χ3v) is 2.91. The van der Waals surface area contributed by atoms with E-state index >= 15 is 0 Å². The van der Waals surface area contributed by atoms with Gasteiger partial charge < -0.3 is 9.88 Å². The van der Waals surface area contributed by atoms with Crippen LogP contribution >= 0.6 is 11.5 Å². The smallest absolute Gasteiger partial charge is 0.110 e. The molecule has 2 aromatic rings. The fourth-order valence-corrected chi connectivity index (χ4v) is 1.96. The van der Waals surface area contributed by atoms with Crippen LogP contribution in [0.3, 0.4) is 0 Å². The van der Waals surface area contributed by atoms with E-state index in [4.69, 9.17) is 0 Å². The molecule has 0 saturated heterocycles. The molecule has 6 heteroatoms. The molecule has 0 aliphatic carbocycles. The van der Waals surface area contributed by atoms with E-state index in [1.807, 2.05) is 30.2 Å². The molecule has 1 atom stereocenters. The number of nitrogens with one attached hydrogen (secondary N) is 1. The molecule has 0 aliphatic rings. The molecular formula is C9H13N5S. The van der Waals surface area contributed by atoms with Crippen molar-refractivity contribution in [2.24, 2.45) is 7.05 Å². The van der Waals surface area contributed by atoms with Crippen molar-refractivity contribution in [3.05, 3.63) is 29.3 Å². The fraction of sp³-hybridized carbons (Fsp3) is 0.444. The van der Waals surface area contributed by atoms with Gasteiger partial charge in [0.05, 0.1) is 11.7 Å². The minimum absolute atomic E-state index is 0.185. The average Bonchev–Trinajstić information content (AvgIpc) is 2.86. The highest BCUT2D eigenvalue weighted by Gasteiger charge is 2.14. The second-order valence-electron chi connectivity index (χ2n) is 3.33. The first-order valence-electron chi connectivity index (χ1n) is 4.71. The molecule has 0 saturated carbocycles. The highest BCUT2D eigenvalue weighted by atomic mass is 32.1. The minimum atomic E-state index is 0.185. The molecular weight excluding hydrogens is 210 g/mol. The van der Waals surface area contributed by atoms with Crippen LogP contribution in [-0.4, -0.2) is 26.2 Å². The summed E-state index contributed by atoms with van der Waals surface area (Å²) in [6.07, 6.45) is 4.58. The largest absolute Gasteiger partial charge is 0.338 e. The van der Waals surface area contributed by atoms with Gasteiger partial charge in [-0.1, -0.05) is 4.49 Å². The lowest BCUT2D eigenvalue weighted by molar-refractivity contribution is 0.549. The number of hydrogen-bond acceptors (Lipinski definition) is 5. The molecule has 80 valence electrons. The van der Waals surface area contributed by atoms with Gasteiger partial charge >= 0.3 is 0 Å². The Hall–Kier alpha value is -1.27. The van der Waals surface area contributed by atoms with Gasteiger partial charge in [0, 0.05) is 31.2 Å². The van der Waals surface area contributed by atoms with Gasteiger partial charge in [0.25, 0.3) is 0 Å². The Labute approximate surface area is 92.3 Å². The molecule has 0 aliphatic heterocycles. The lowest BCUT2D eigenvalue weighted by atomic mass is 10.1. The van der Waals surface area contributed by atoms with Crippen LogP contribution in [0.1, 0.15) is 17.6 Å². The number of imidazole rings is 1. The van der Waals surface area contributed by atoms with Crippen molar-refractivity contribution in [3.63, 3.8) is 0 Å². The number of aromatic nitrogens is 4. The van der Waals surface area contributed by atoms with Gasteiger partial charge in [0.2, 0.25) is 0 Å². The van der Waals surface area contributed by atoms with Gasteiger partial charge in [0.1, 0.15) is 5.82 Å². The van der Waals surface area contributed by atoms with Gasteiger partial charge in [-0.05, 0) is 18.6 Å². The predicted molar refractivity (Wildman–Crippen MR) is 58.6 cm³/mol. The lowest BCUT2D eigenvalue weighted by Crippen LogP contribution is -2.20. The van der Waals surface area contributed by atoms with Crippen LogP contribution in [-0.2, 0) is 13.5 Å². The van der Waals surface area contributed by atoms with Crippen LogP contribution in [0.5, 0.6) is 0 Å². The Morgan fingerprint density at radius 1 is 1.60 bits per heavy atom. The molecule has 0 fully saturated rings. The Kier molecular flexibility index (Phi) is 3.08. The van der Waals surface area contributed by atoms with Gasteiger partial charge in [-0.3, -0.25) is 0 Å². The van der Waals surface area contributed by atoms with Gasteiger partial charge in [-0.2, -0.15) is 0 Å². The topological polar surface area (TPSA) is 55.6 Å². The summed E-state index contributed by atoms with van der Waals surface area (Å²) in [4.78, 5) is 4.29. The molecule has 1 N–H and O–H groups in total. The molecule has 2 aromatic heterocycles. The maximum atomic E-state index is 4.29. The standard InChI is InChI=1S/C9H13N5S/c1-10-7(8-6-15-13-12-8)5-9-11-3-4-14(9)2/h3-4,6-7,10H,5H2,1-2H3. The van der Waals surface area contributed by atoms with Crippen LogP contribution in [0.15, 0.2) is 17.8 Å². The van der Waals surface area contributed by atoms with Crippen molar-refractivity contribution in [2.75, 3.05) is 7.05 Å². The number of likely N-dealkylation sites (N-methyl/N-ethyl adjacent to an activating group) is 1. The Balaban J connectivity index is 2.13. The summed E-state index contributed by atoms with van der Waals surface area (Å²) >= 11 is 1.37. The van der Waals surface area contributed by atoms with Crippen molar-refractivity contribution in [2.45, 2.75) is 12.5 Å². The number of rotatable bonds is 4. The number of nitrogens with zero attached hydrogens (tertiary/aromatic N) is 4. The van der Waals surface area contributed by atoms with E-state index in [0.29, 0.717) is 0 Å². The van der Waals surface area contributed by atoms with Crippen molar-refractivity contribution in [1.29, 1.82) is 0 Å². The zero-order valence-corrected chi connectivity index (χ0v) is 9.53. The quantitative estimate of drug-likeness (QED) is 0.832. The summed E-state index contributed by atoms with van der Waals surface area (Å²) < 4.78 is 5.89. The molecule has 1 unspecified atom stereocenters. The summed E-state index contributed by atoms with van der Waals surface area (Å²) in [5, 5.41) is 9.25. The molecule has 0 aromatic carbocycles. The van der Waals surface area contributed by atoms with Crippen LogP contribution in [0.25, 0.3) is 0 Å². The first kappa shape index (κ1) is 10.3. The molecule has 2 heterocycles. The van der Waals surface area contributed by atoms with Crippen molar-refractivity contribution >= 4 is 11.5 Å². The summed E-state index contributed by atoms with van der Waals surface area (Å²) in [6, 6.07) is 0.185. The zero-order chi connectivity index (χ0) is 10.7. The van der Waals surface area contributed by atoms with Gasteiger partial charge in [-0.15, -0.1) is 5.10 Å². The molecule has 0 radical (unpaired) electrons. The Bertz CT molecular complexity index is 408. The molecule has 0 bridgehead atoms. The monoisotopic (exact) mass is 223 g/mol. The highest BCUT2D eigenvalue weighted by Crippen LogP contribution is 2.15. The van der Waals surface area contributed by atoms with Gasteiger partial charge in [0.15, 0.2) is 0 Å². The van der Waals surface area contributed by atoms with Crippen molar-refractivity contribution < 1.29 is 0 Å². The zero-order valence-electron chi connectivity index (χ0n) is 8.71. The van der Waals surface area contributed by atoms with Crippen molar-refractivity contribution in [1.82, 2.24) is 24.5 Å².